The number of aliphatic imine (C=N–C) groups is 1. The number of hydrogen-bond donors (Lipinski definition) is 2. The number of nitrogens with two attached hydrogens (primary N) is 1. The van der Waals surface area contributed by atoms with Crippen molar-refractivity contribution in [3.05, 3.63) is 0 Å². The topological polar surface area (TPSA) is 50.4 Å². The van der Waals surface area contributed by atoms with Gasteiger partial charge >= 0.3 is 0 Å². The summed E-state index contributed by atoms with van der Waals surface area (Å²) in [6.45, 7) is 10.6. The van der Waals surface area contributed by atoms with Crippen LogP contribution in [-0.2, 0) is 0 Å². The average molecular weight is 227 g/mol. The summed E-state index contributed by atoms with van der Waals surface area (Å²) in [5.41, 5.74) is 6.03. The summed E-state index contributed by atoms with van der Waals surface area (Å²) in [5.74, 6) is 0.588. The van der Waals surface area contributed by atoms with E-state index < -0.39 is 0 Å². The van der Waals surface area contributed by atoms with Crippen LogP contribution in [0.1, 0.15) is 59.8 Å². The zero-order valence-corrected chi connectivity index (χ0v) is 11.5. The standard InChI is InChI=1S/C13H29N3/c1-5-7-8-9-13(3,4)11-16-12(14)15-10-6-2/h5-11H2,1-4H3,(H3,14,15,16). The second-order valence-electron chi connectivity index (χ2n) is 5.25. The Hall–Kier alpha value is -0.730. The van der Waals surface area contributed by atoms with Crippen molar-refractivity contribution in [3.63, 3.8) is 0 Å². The normalized spacial score (nSPS) is 12.9. The first kappa shape index (κ1) is 15.3. The van der Waals surface area contributed by atoms with Gasteiger partial charge in [-0.1, -0.05) is 47.0 Å². The SMILES string of the molecule is CCCCCC(C)(C)CN=C(N)NCCC. The molecule has 3 N–H and O–H groups in total. The summed E-state index contributed by atoms with van der Waals surface area (Å²) in [4.78, 5) is 4.40. The maximum Gasteiger partial charge on any atom is 0.188 e. The van der Waals surface area contributed by atoms with Crippen LogP contribution in [0.3, 0.4) is 0 Å². The van der Waals surface area contributed by atoms with Crippen molar-refractivity contribution in [1.82, 2.24) is 5.32 Å². The number of nitrogens with one attached hydrogen (secondary N) is 1. The number of guanidine groups is 1. The van der Waals surface area contributed by atoms with Crippen LogP contribution in [0.2, 0.25) is 0 Å². The van der Waals surface area contributed by atoms with E-state index >= 15 is 0 Å². The fourth-order valence-corrected chi connectivity index (χ4v) is 1.54. The molecule has 0 bridgehead atoms. The van der Waals surface area contributed by atoms with E-state index in [1.807, 2.05) is 0 Å². The third kappa shape index (κ3) is 8.57. The van der Waals surface area contributed by atoms with Crippen LogP contribution in [0, 0.1) is 5.41 Å². The van der Waals surface area contributed by atoms with Crippen molar-refractivity contribution < 1.29 is 0 Å². The zero-order valence-electron chi connectivity index (χ0n) is 11.5. The van der Waals surface area contributed by atoms with Crippen LogP contribution in [-0.4, -0.2) is 19.0 Å². The third-order valence-corrected chi connectivity index (χ3v) is 2.69. The van der Waals surface area contributed by atoms with Crippen molar-refractivity contribution in [2.24, 2.45) is 16.1 Å². The summed E-state index contributed by atoms with van der Waals surface area (Å²) in [5, 5.41) is 3.10. The van der Waals surface area contributed by atoms with Crippen LogP contribution in [0.4, 0.5) is 0 Å². The molecule has 0 amide bonds. The van der Waals surface area contributed by atoms with E-state index in [0.717, 1.165) is 19.5 Å². The van der Waals surface area contributed by atoms with E-state index in [-0.39, 0.29) is 5.41 Å². The number of nitrogens with zero attached hydrogens (tertiary/aromatic N) is 1. The summed E-state index contributed by atoms with van der Waals surface area (Å²) >= 11 is 0. The summed E-state index contributed by atoms with van der Waals surface area (Å²) in [6, 6.07) is 0. The molecular weight excluding hydrogens is 198 g/mol. The maximum absolute atomic E-state index is 5.76. The second kappa shape index (κ2) is 8.43. The Balaban J connectivity index is 3.86. The molecule has 96 valence electrons. The first-order chi connectivity index (χ1) is 7.52. The summed E-state index contributed by atoms with van der Waals surface area (Å²) in [6.07, 6.45) is 6.19. The van der Waals surface area contributed by atoms with Gasteiger partial charge in [-0.3, -0.25) is 4.99 Å². The van der Waals surface area contributed by atoms with Gasteiger partial charge in [0.05, 0.1) is 0 Å². The fourth-order valence-electron chi connectivity index (χ4n) is 1.54. The lowest BCUT2D eigenvalue weighted by atomic mass is 9.87. The quantitative estimate of drug-likeness (QED) is 0.380. The van der Waals surface area contributed by atoms with Crippen LogP contribution in [0.15, 0.2) is 4.99 Å². The molecular formula is C13H29N3. The predicted molar refractivity (Wildman–Crippen MR) is 72.7 cm³/mol. The molecule has 0 aliphatic heterocycles. The molecule has 0 saturated carbocycles. The summed E-state index contributed by atoms with van der Waals surface area (Å²) < 4.78 is 0. The molecule has 0 atom stereocenters. The third-order valence-electron chi connectivity index (χ3n) is 2.69. The van der Waals surface area contributed by atoms with Gasteiger partial charge in [-0.15, -0.1) is 0 Å². The Morgan fingerprint density at radius 1 is 1.19 bits per heavy atom. The largest absolute Gasteiger partial charge is 0.370 e. The van der Waals surface area contributed by atoms with Gasteiger partial charge < -0.3 is 11.1 Å². The number of hydrogen-bond acceptors (Lipinski definition) is 1. The fraction of sp³-hybridized carbons (Fsp3) is 0.923. The first-order valence-corrected chi connectivity index (χ1v) is 6.55. The van der Waals surface area contributed by atoms with E-state index in [1.165, 1.54) is 25.7 Å². The molecule has 0 heterocycles. The van der Waals surface area contributed by atoms with Crippen LogP contribution >= 0.6 is 0 Å². The van der Waals surface area contributed by atoms with E-state index in [1.54, 1.807) is 0 Å². The molecule has 0 aromatic rings. The lowest BCUT2D eigenvalue weighted by molar-refractivity contribution is 0.333. The Labute approximate surface area is 101 Å². The minimum Gasteiger partial charge on any atom is -0.370 e. The highest BCUT2D eigenvalue weighted by atomic mass is 15.1. The Bertz CT molecular complexity index is 197. The van der Waals surface area contributed by atoms with E-state index in [9.17, 15) is 0 Å². The average Bonchev–Trinajstić information content (AvgIpc) is 2.24. The molecule has 0 fully saturated rings. The lowest BCUT2D eigenvalue weighted by Crippen LogP contribution is -2.33. The van der Waals surface area contributed by atoms with E-state index in [4.69, 9.17) is 5.73 Å². The van der Waals surface area contributed by atoms with Gasteiger partial charge in [0, 0.05) is 13.1 Å². The Kier molecular flexibility index (Phi) is 8.04. The van der Waals surface area contributed by atoms with E-state index in [2.05, 4.69) is 38.0 Å². The summed E-state index contributed by atoms with van der Waals surface area (Å²) in [7, 11) is 0. The van der Waals surface area contributed by atoms with Gasteiger partial charge in [0.25, 0.3) is 0 Å². The maximum atomic E-state index is 5.76. The molecule has 0 aromatic heterocycles. The Morgan fingerprint density at radius 3 is 2.44 bits per heavy atom. The zero-order chi connectivity index (χ0) is 12.4. The van der Waals surface area contributed by atoms with Gasteiger partial charge in [0.2, 0.25) is 0 Å². The van der Waals surface area contributed by atoms with Crippen LogP contribution in [0.25, 0.3) is 0 Å². The molecule has 0 aromatic carbocycles. The molecule has 16 heavy (non-hydrogen) atoms. The molecule has 0 spiro atoms. The highest BCUT2D eigenvalue weighted by Gasteiger charge is 2.16. The molecule has 0 rings (SSSR count). The molecule has 0 aliphatic carbocycles. The molecule has 0 radical (unpaired) electrons. The Morgan fingerprint density at radius 2 is 1.88 bits per heavy atom. The van der Waals surface area contributed by atoms with Crippen molar-refractivity contribution in [2.75, 3.05) is 13.1 Å². The van der Waals surface area contributed by atoms with Crippen molar-refractivity contribution in [1.29, 1.82) is 0 Å². The van der Waals surface area contributed by atoms with Gasteiger partial charge in [0.1, 0.15) is 0 Å². The van der Waals surface area contributed by atoms with Gasteiger partial charge in [-0.2, -0.15) is 0 Å². The minimum absolute atomic E-state index is 0.272. The van der Waals surface area contributed by atoms with Crippen molar-refractivity contribution in [3.8, 4) is 0 Å². The van der Waals surface area contributed by atoms with Gasteiger partial charge in [-0.25, -0.2) is 0 Å². The molecule has 0 unspecified atom stereocenters. The highest BCUT2D eigenvalue weighted by molar-refractivity contribution is 5.77. The van der Waals surface area contributed by atoms with Gasteiger partial charge in [-0.05, 0) is 18.3 Å². The monoisotopic (exact) mass is 227 g/mol. The highest BCUT2D eigenvalue weighted by Crippen LogP contribution is 2.23. The van der Waals surface area contributed by atoms with Crippen LogP contribution in [0.5, 0.6) is 0 Å². The second-order valence-corrected chi connectivity index (χ2v) is 5.25. The molecule has 0 saturated heterocycles. The van der Waals surface area contributed by atoms with Crippen LogP contribution < -0.4 is 11.1 Å². The van der Waals surface area contributed by atoms with Crippen molar-refractivity contribution in [2.45, 2.75) is 59.8 Å². The smallest absolute Gasteiger partial charge is 0.188 e. The number of rotatable bonds is 8. The van der Waals surface area contributed by atoms with Gasteiger partial charge in [0.15, 0.2) is 5.96 Å². The van der Waals surface area contributed by atoms with E-state index in [0.29, 0.717) is 5.96 Å². The molecule has 3 nitrogen and oxygen atoms in total. The lowest BCUT2D eigenvalue weighted by Gasteiger charge is -2.22. The number of unbranched alkanes of at least 4 members (excludes halogenated alkanes) is 2. The van der Waals surface area contributed by atoms with Crippen molar-refractivity contribution >= 4 is 5.96 Å². The minimum atomic E-state index is 0.272. The predicted octanol–water partition coefficient (Wildman–Crippen LogP) is 2.91. The first-order valence-electron chi connectivity index (χ1n) is 6.55. The molecule has 0 aliphatic rings. The molecule has 3 heteroatoms.